The zero-order chi connectivity index (χ0) is 14.6. The molecule has 1 N–H and O–H groups in total. The van der Waals surface area contributed by atoms with E-state index in [1.807, 2.05) is 25.1 Å². The van der Waals surface area contributed by atoms with Gasteiger partial charge in [0, 0.05) is 23.4 Å². The molecule has 0 saturated heterocycles. The first kappa shape index (κ1) is 15.2. The molecule has 0 bridgehead atoms. The molecule has 0 fully saturated rings. The average molecular weight is 355 g/mol. The standard InChI is InChI=1S/C14H15BrN2O2S/c1-11-3-2-4-12(7-11)5-6-17-20(18,19)14-8-13(15)9-16-10-14/h2-4,7-10,17H,5-6H2,1H3. The molecule has 6 heteroatoms. The van der Waals surface area contributed by atoms with Gasteiger partial charge in [0.2, 0.25) is 10.0 Å². The van der Waals surface area contributed by atoms with Crippen LogP contribution in [0.4, 0.5) is 0 Å². The molecule has 0 aliphatic heterocycles. The summed E-state index contributed by atoms with van der Waals surface area (Å²) in [5.74, 6) is 0. The van der Waals surface area contributed by atoms with Crippen molar-refractivity contribution in [3.05, 3.63) is 58.3 Å². The van der Waals surface area contributed by atoms with Crippen molar-refractivity contribution in [2.75, 3.05) is 6.54 Å². The van der Waals surface area contributed by atoms with Crippen molar-refractivity contribution in [3.8, 4) is 0 Å². The van der Waals surface area contributed by atoms with Crippen molar-refractivity contribution < 1.29 is 8.42 Å². The molecule has 0 spiro atoms. The first-order valence-electron chi connectivity index (χ1n) is 6.13. The van der Waals surface area contributed by atoms with E-state index >= 15 is 0 Å². The summed E-state index contributed by atoms with van der Waals surface area (Å²) >= 11 is 3.21. The first-order chi connectivity index (χ1) is 9.47. The van der Waals surface area contributed by atoms with Crippen LogP contribution in [0.3, 0.4) is 0 Å². The van der Waals surface area contributed by atoms with Crippen LogP contribution in [-0.2, 0) is 16.4 Å². The summed E-state index contributed by atoms with van der Waals surface area (Å²) in [5.41, 5.74) is 2.28. The number of hydrogen-bond donors (Lipinski definition) is 1. The molecule has 1 heterocycles. The zero-order valence-corrected chi connectivity index (χ0v) is 13.4. The molecular weight excluding hydrogens is 340 g/mol. The Morgan fingerprint density at radius 1 is 1.25 bits per heavy atom. The Balaban J connectivity index is 2.00. The number of sulfonamides is 1. The van der Waals surface area contributed by atoms with E-state index in [1.165, 1.54) is 17.8 Å². The quantitative estimate of drug-likeness (QED) is 0.897. The van der Waals surface area contributed by atoms with E-state index in [9.17, 15) is 8.42 Å². The van der Waals surface area contributed by atoms with Gasteiger partial charge in [-0.1, -0.05) is 29.8 Å². The van der Waals surface area contributed by atoms with E-state index in [0.29, 0.717) is 17.4 Å². The van der Waals surface area contributed by atoms with Crippen LogP contribution in [0, 0.1) is 6.92 Å². The summed E-state index contributed by atoms with van der Waals surface area (Å²) in [4.78, 5) is 4.03. The smallest absolute Gasteiger partial charge is 0.242 e. The highest BCUT2D eigenvalue weighted by atomic mass is 79.9. The third kappa shape index (κ3) is 4.13. The molecule has 20 heavy (non-hydrogen) atoms. The second-order valence-electron chi connectivity index (χ2n) is 4.48. The van der Waals surface area contributed by atoms with Crippen molar-refractivity contribution in [2.45, 2.75) is 18.2 Å². The zero-order valence-electron chi connectivity index (χ0n) is 11.0. The molecule has 106 valence electrons. The molecule has 0 amide bonds. The summed E-state index contributed by atoms with van der Waals surface area (Å²) in [6, 6.07) is 9.55. The number of aromatic nitrogens is 1. The summed E-state index contributed by atoms with van der Waals surface area (Å²) in [6.07, 6.45) is 3.54. The van der Waals surface area contributed by atoms with Gasteiger partial charge in [-0.05, 0) is 40.9 Å². The molecular formula is C14H15BrN2O2S. The fourth-order valence-electron chi connectivity index (χ4n) is 1.82. The van der Waals surface area contributed by atoms with Crippen LogP contribution in [0.15, 0.2) is 52.1 Å². The normalized spacial score (nSPS) is 11.5. The van der Waals surface area contributed by atoms with E-state index in [1.54, 1.807) is 6.20 Å². The highest BCUT2D eigenvalue weighted by Crippen LogP contribution is 2.14. The largest absolute Gasteiger partial charge is 0.262 e. The van der Waals surface area contributed by atoms with E-state index in [4.69, 9.17) is 0 Å². The van der Waals surface area contributed by atoms with Crippen LogP contribution < -0.4 is 4.72 Å². The number of rotatable bonds is 5. The Morgan fingerprint density at radius 2 is 2.05 bits per heavy atom. The Labute approximate surface area is 127 Å². The van der Waals surface area contributed by atoms with Crippen molar-refractivity contribution in [3.63, 3.8) is 0 Å². The fourth-order valence-corrected chi connectivity index (χ4v) is 3.36. The molecule has 0 unspecified atom stereocenters. The Bertz CT molecular complexity index is 702. The van der Waals surface area contributed by atoms with Crippen molar-refractivity contribution >= 4 is 26.0 Å². The lowest BCUT2D eigenvalue weighted by molar-refractivity contribution is 0.581. The Kier molecular flexibility index (Phi) is 4.91. The molecule has 1 aromatic heterocycles. The predicted octanol–water partition coefficient (Wildman–Crippen LogP) is 2.67. The minimum Gasteiger partial charge on any atom is -0.262 e. The van der Waals surface area contributed by atoms with Crippen LogP contribution in [0.2, 0.25) is 0 Å². The van der Waals surface area contributed by atoms with Gasteiger partial charge in [0.25, 0.3) is 0 Å². The summed E-state index contributed by atoms with van der Waals surface area (Å²) in [5, 5.41) is 0. The van der Waals surface area contributed by atoms with Gasteiger partial charge >= 0.3 is 0 Å². The van der Waals surface area contributed by atoms with Crippen molar-refractivity contribution in [2.24, 2.45) is 0 Å². The molecule has 0 aliphatic rings. The third-order valence-corrected chi connectivity index (χ3v) is 4.64. The number of pyridine rings is 1. The lowest BCUT2D eigenvalue weighted by Gasteiger charge is -2.07. The lowest BCUT2D eigenvalue weighted by atomic mass is 10.1. The maximum absolute atomic E-state index is 12.1. The third-order valence-electron chi connectivity index (χ3n) is 2.78. The van der Waals surface area contributed by atoms with Crippen LogP contribution in [0.5, 0.6) is 0 Å². The van der Waals surface area contributed by atoms with E-state index in [2.05, 4.69) is 31.7 Å². The van der Waals surface area contributed by atoms with Gasteiger partial charge in [-0.25, -0.2) is 13.1 Å². The summed E-state index contributed by atoms with van der Waals surface area (Å²) in [7, 11) is -3.51. The highest BCUT2D eigenvalue weighted by molar-refractivity contribution is 9.10. The molecule has 0 saturated carbocycles. The molecule has 0 radical (unpaired) electrons. The summed E-state index contributed by atoms with van der Waals surface area (Å²) in [6.45, 7) is 2.37. The second kappa shape index (κ2) is 6.47. The van der Waals surface area contributed by atoms with E-state index in [0.717, 1.165) is 5.56 Å². The number of halogens is 1. The maximum atomic E-state index is 12.1. The molecule has 2 aromatic rings. The van der Waals surface area contributed by atoms with Crippen LogP contribution in [0.1, 0.15) is 11.1 Å². The Morgan fingerprint density at radius 3 is 2.75 bits per heavy atom. The Hall–Kier alpha value is -1.24. The molecule has 1 aromatic carbocycles. The first-order valence-corrected chi connectivity index (χ1v) is 8.41. The minimum absolute atomic E-state index is 0.163. The molecule has 0 atom stereocenters. The lowest BCUT2D eigenvalue weighted by Crippen LogP contribution is -2.26. The van der Waals surface area contributed by atoms with Gasteiger partial charge in [0.1, 0.15) is 4.90 Å². The van der Waals surface area contributed by atoms with Gasteiger partial charge in [-0.2, -0.15) is 0 Å². The molecule has 2 rings (SSSR count). The monoisotopic (exact) mass is 354 g/mol. The molecule has 0 aliphatic carbocycles. The topological polar surface area (TPSA) is 59.1 Å². The second-order valence-corrected chi connectivity index (χ2v) is 7.16. The van der Waals surface area contributed by atoms with Crippen LogP contribution >= 0.6 is 15.9 Å². The van der Waals surface area contributed by atoms with Gasteiger partial charge in [-0.15, -0.1) is 0 Å². The number of benzene rings is 1. The molecule has 4 nitrogen and oxygen atoms in total. The van der Waals surface area contributed by atoms with Crippen molar-refractivity contribution in [1.82, 2.24) is 9.71 Å². The van der Waals surface area contributed by atoms with E-state index < -0.39 is 10.0 Å². The van der Waals surface area contributed by atoms with E-state index in [-0.39, 0.29) is 4.90 Å². The number of nitrogens with zero attached hydrogens (tertiary/aromatic N) is 1. The fraction of sp³-hybridized carbons (Fsp3) is 0.214. The van der Waals surface area contributed by atoms with Crippen LogP contribution in [-0.4, -0.2) is 19.9 Å². The maximum Gasteiger partial charge on any atom is 0.242 e. The van der Waals surface area contributed by atoms with Gasteiger partial charge in [0.15, 0.2) is 0 Å². The van der Waals surface area contributed by atoms with Crippen molar-refractivity contribution in [1.29, 1.82) is 0 Å². The van der Waals surface area contributed by atoms with Crippen LogP contribution in [0.25, 0.3) is 0 Å². The minimum atomic E-state index is -3.51. The van der Waals surface area contributed by atoms with Gasteiger partial charge in [-0.3, -0.25) is 4.98 Å². The number of aryl methyl sites for hydroxylation is 1. The van der Waals surface area contributed by atoms with Gasteiger partial charge in [0.05, 0.1) is 0 Å². The average Bonchev–Trinajstić information content (AvgIpc) is 2.38. The number of hydrogen-bond acceptors (Lipinski definition) is 3. The predicted molar refractivity (Wildman–Crippen MR) is 82.0 cm³/mol. The number of nitrogens with one attached hydrogen (secondary N) is 1. The van der Waals surface area contributed by atoms with Gasteiger partial charge < -0.3 is 0 Å². The summed E-state index contributed by atoms with van der Waals surface area (Å²) < 4.78 is 27.4. The SMILES string of the molecule is Cc1cccc(CCNS(=O)(=O)c2cncc(Br)c2)c1. The highest BCUT2D eigenvalue weighted by Gasteiger charge is 2.13.